The third kappa shape index (κ3) is 3.56. The van der Waals surface area contributed by atoms with Crippen LogP contribution >= 0.6 is 11.3 Å². The average Bonchev–Trinajstić information content (AvgIpc) is 3.04. The fraction of sp³-hybridized carbons (Fsp3) is 0.188. The van der Waals surface area contributed by atoms with Gasteiger partial charge in [-0.1, -0.05) is 5.10 Å². The number of hydrogen-bond acceptors (Lipinski definition) is 7. The van der Waals surface area contributed by atoms with E-state index in [0.29, 0.717) is 27.0 Å². The molecule has 8 nitrogen and oxygen atoms in total. The van der Waals surface area contributed by atoms with Crippen molar-refractivity contribution in [2.24, 2.45) is 7.05 Å². The SMILES string of the molecule is COc1nnc(NC(=O)c2cnc(C)cc2-c2ccn(C)c(=O)c2)s1. The summed E-state index contributed by atoms with van der Waals surface area (Å²) in [4.78, 5) is 28.7. The van der Waals surface area contributed by atoms with E-state index in [-0.39, 0.29) is 11.5 Å². The first kappa shape index (κ1) is 16.8. The van der Waals surface area contributed by atoms with Crippen LogP contribution in [0.5, 0.6) is 5.19 Å². The molecule has 25 heavy (non-hydrogen) atoms. The molecule has 3 aromatic heterocycles. The number of methoxy groups -OCH3 is 1. The van der Waals surface area contributed by atoms with Gasteiger partial charge in [-0.2, -0.15) is 0 Å². The van der Waals surface area contributed by atoms with Gasteiger partial charge in [0.2, 0.25) is 5.13 Å². The van der Waals surface area contributed by atoms with Gasteiger partial charge in [-0.05, 0) is 41.5 Å². The molecule has 0 saturated carbocycles. The highest BCUT2D eigenvalue weighted by Crippen LogP contribution is 2.26. The maximum atomic E-state index is 12.6. The quantitative estimate of drug-likeness (QED) is 0.765. The van der Waals surface area contributed by atoms with E-state index in [1.54, 1.807) is 25.4 Å². The molecule has 0 unspecified atom stereocenters. The first-order valence-corrected chi connectivity index (χ1v) is 8.12. The summed E-state index contributed by atoms with van der Waals surface area (Å²) in [6.07, 6.45) is 3.14. The van der Waals surface area contributed by atoms with Crippen LogP contribution < -0.4 is 15.6 Å². The third-order valence-corrected chi connectivity index (χ3v) is 4.30. The van der Waals surface area contributed by atoms with E-state index in [0.717, 1.165) is 17.0 Å². The summed E-state index contributed by atoms with van der Waals surface area (Å²) >= 11 is 1.11. The number of pyridine rings is 2. The van der Waals surface area contributed by atoms with E-state index < -0.39 is 0 Å². The first-order valence-electron chi connectivity index (χ1n) is 7.30. The molecule has 0 aliphatic heterocycles. The Labute approximate surface area is 147 Å². The Balaban J connectivity index is 1.99. The van der Waals surface area contributed by atoms with Crippen LogP contribution in [0.3, 0.4) is 0 Å². The zero-order chi connectivity index (χ0) is 18.0. The van der Waals surface area contributed by atoms with Gasteiger partial charge in [0.1, 0.15) is 0 Å². The van der Waals surface area contributed by atoms with Crippen molar-refractivity contribution in [1.82, 2.24) is 19.7 Å². The molecule has 9 heteroatoms. The minimum Gasteiger partial charge on any atom is -0.472 e. The monoisotopic (exact) mass is 357 g/mol. The minimum absolute atomic E-state index is 0.160. The number of anilines is 1. The lowest BCUT2D eigenvalue weighted by atomic mass is 10.0. The third-order valence-electron chi connectivity index (χ3n) is 3.50. The number of hydrogen-bond donors (Lipinski definition) is 1. The molecule has 0 aromatic carbocycles. The van der Waals surface area contributed by atoms with Crippen molar-refractivity contribution in [2.75, 3.05) is 12.4 Å². The molecule has 0 spiro atoms. The predicted molar refractivity (Wildman–Crippen MR) is 94.1 cm³/mol. The van der Waals surface area contributed by atoms with Crippen LogP contribution in [0.1, 0.15) is 16.1 Å². The molecule has 3 rings (SSSR count). The molecule has 0 fully saturated rings. The average molecular weight is 357 g/mol. The second kappa shape index (κ2) is 6.81. The number of carbonyl (C=O) groups excluding carboxylic acids is 1. The Morgan fingerprint density at radius 3 is 2.80 bits per heavy atom. The number of carbonyl (C=O) groups is 1. The maximum absolute atomic E-state index is 12.6. The molecule has 0 radical (unpaired) electrons. The summed E-state index contributed by atoms with van der Waals surface area (Å²) in [5, 5.41) is 10.9. The Bertz CT molecular complexity index is 995. The van der Waals surface area contributed by atoms with Crippen LogP contribution in [0.4, 0.5) is 5.13 Å². The topological polar surface area (TPSA) is 99.0 Å². The number of aryl methyl sites for hydroxylation is 2. The van der Waals surface area contributed by atoms with Crippen LogP contribution in [0, 0.1) is 6.92 Å². The van der Waals surface area contributed by atoms with Crippen molar-refractivity contribution in [3.05, 3.63) is 52.2 Å². The lowest BCUT2D eigenvalue weighted by Crippen LogP contribution is -2.16. The number of nitrogens with zero attached hydrogens (tertiary/aromatic N) is 4. The molecule has 1 N–H and O–H groups in total. The van der Waals surface area contributed by atoms with E-state index >= 15 is 0 Å². The highest BCUT2D eigenvalue weighted by Gasteiger charge is 2.17. The van der Waals surface area contributed by atoms with E-state index in [4.69, 9.17) is 4.74 Å². The number of amides is 1. The summed E-state index contributed by atoms with van der Waals surface area (Å²) in [5.74, 6) is -0.387. The number of ether oxygens (including phenoxy) is 1. The first-order chi connectivity index (χ1) is 12.0. The van der Waals surface area contributed by atoms with Crippen LogP contribution in [0.2, 0.25) is 0 Å². The molecule has 0 saturated heterocycles. The summed E-state index contributed by atoms with van der Waals surface area (Å²) in [6, 6.07) is 5.03. The van der Waals surface area contributed by atoms with Crippen LogP contribution in [-0.4, -0.2) is 32.8 Å². The molecule has 0 aliphatic carbocycles. The fourth-order valence-electron chi connectivity index (χ4n) is 2.20. The predicted octanol–water partition coefficient (Wildman–Crippen LogP) is 1.87. The van der Waals surface area contributed by atoms with E-state index in [2.05, 4.69) is 20.5 Å². The summed E-state index contributed by atoms with van der Waals surface area (Å²) < 4.78 is 6.42. The second-order valence-electron chi connectivity index (χ2n) is 5.27. The van der Waals surface area contributed by atoms with Crippen LogP contribution in [-0.2, 0) is 7.05 Å². The lowest BCUT2D eigenvalue weighted by Gasteiger charge is -2.10. The van der Waals surface area contributed by atoms with Gasteiger partial charge in [-0.25, -0.2) is 0 Å². The maximum Gasteiger partial charge on any atom is 0.295 e. The summed E-state index contributed by atoms with van der Waals surface area (Å²) in [5.41, 5.74) is 2.19. The van der Waals surface area contributed by atoms with Crippen molar-refractivity contribution in [2.45, 2.75) is 6.92 Å². The Morgan fingerprint density at radius 2 is 2.12 bits per heavy atom. The number of rotatable bonds is 4. The smallest absolute Gasteiger partial charge is 0.295 e. The molecule has 0 bridgehead atoms. The highest BCUT2D eigenvalue weighted by molar-refractivity contribution is 7.17. The van der Waals surface area contributed by atoms with Crippen LogP contribution in [0.15, 0.2) is 35.4 Å². The van der Waals surface area contributed by atoms with Gasteiger partial charge in [0.15, 0.2) is 0 Å². The van der Waals surface area contributed by atoms with Crippen molar-refractivity contribution >= 4 is 22.4 Å². The Hall–Kier alpha value is -3.07. The van der Waals surface area contributed by atoms with Gasteiger partial charge >= 0.3 is 0 Å². The van der Waals surface area contributed by atoms with Crippen molar-refractivity contribution < 1.29 is 9.53 Å². The fourth-order valence-corrected chi connectivity index (χ4v) is 2.76. The highest BCUT2D eigenvalue weighted by atomic mass is 32.1. The van der Waals surface area contributed by atoms with Crippen molar-refractivity contribution in [1.29, 1.82) is 0 Å². The Kier molecular flexibility index (Phi) is 4.57. The van der Waals surface area contributed by atoms with Crippen molar-refractivity contribution in [3.63, 3.8) is 0 Å². The van der Waals surface area contributed by atoms with Crippen LogP contribution in [0.25, 0.3) is 11.1 Å². The number of nitrogens with one attached hydrogen (secondary N) is 1. The van der Waals surface area contributed by atoms with Gasteiger partial charge in [-0.15, -0.1) is 5.10 Å². The standard InChI is InChI=1S/C16H15N5O3S/c1-9-6-11(10-4-5-21(2)13(22)7-10)12(8-17-9)14(23)18-15-19-20-16(24-3)25-15/h4-8H,1-3H3,(H,18,19,23). The molecule has 1 amide bonds. The van der Waals surface area contributed by atoms with E-state index in [1.807, 2.05) is 6.92 Å². The zero-order valence-electron chi connectivity index (χ0n) is 13.8. The number of aromatic nitrogens is 4. The molecule has 0 aliphatic rings. The van der Waals surface area contributed by atoms with Gasteiger partial charge in [0.05, 0.1) is 12.7 Å². The molecule has 3 heterocycles. The van der Waals surface area contributed by atoms with E-state index in [9.17, 15) is 9.59 Å². The van der Waals surface area contributed by atoms with Gasteiger partial charge < -0.3 is 9.30 Å². The zero-order valence-corrected chi connectivity index (χ0v) is 14.6. The normalized spacial score (nSPS) is 10.5. The molecular weight excluding hydrogens is 342 g/mol. The molecule has 128 valence electrons. The van der Waals surface area contributed by atoms with Gasteiger partial charge in [0.25, 0.3) is 16.7 Å². The Morgan fingerprint density at radius 1 is 1.32 bits per heavy atom. The van der Waals surface area contributed by atoms with Crippen molar-refractivity contribution in [3.8, 4) is 16.3 Å². The van der Waals surface area contributed by atoms with Gasteiger partial charge in [0, 0.05) is 31.2 Å². The van der Waals surface area contributed by atoms with Gasteiger partial charge in [-0.3, -0.25) is 19.9 Å². The minimum atomic E-state index is -0.387. The molecule has 3 aromatic rings. The van der Waals surface area contributed by atoms with E-state index in [1.165, 1.54) is 23.9 Å². The lowest BCUT2D eigenvalue weighted by molar-refractivity contribution is 0.102. The molecular formula is C16H15N5O3S. The second-order valence-corrected chi connectivity index (χ2v) is 6.21. The largest absolute Gasteiger partial charge is 0.472 e. The summed E-state index contributed by atoms with van der Waals surface area (Å²) in [6.45, 7) is 1.82. The summed E-state index contributed by atoms with van der Waals surface area (Å²) in [7, 11) is 3.14. The molecule has 0 atom stereocenters.